The fourth-order valence-corrected chi connectivity index (χ4v) is 0.287. The van der Waals surface area contributed by atoms with Crippen LogP contribution in [0.15, 0.2) is 0 Å². The van der Waals surface area contributed by atoms with E-state index in [4.69, 9.17) is 0 Å². The van der Waals surface area contributed by atoms with E-state index >= 15 is 0 Å². The van der Waals surface area contributed by atoms with Gasteiger partial charge in [0, 0.05) is 12.3 Å². The molecule has 0 saturated carbocycles. The lowest BCUT2D eigenvalue weighted by molar-refractivity contribution is -0.110. The van der Waals surface area contributed by atoms with Crippen molar-refractivity contribution in [1.82, 2.24) is 0 Å². The average molecular weight is 158 g/mol. The minimum Gasteiger partial charge on any atom is -0.303 e. The highest BCUT2D eigenvalue weighted by molar-refractivity contribution is 5.51. The summed E-state index contributed by atoms with van der Waals surface area (Å²) < 4.78 is 0. The molecule has 2 heteroatoms. The number of carbonyl (C=O) groups is 2. The molecule has 0 aliphatic rings. The third kappa shape index (κ3) is 26.7. The number of carbonyl (C=O) groups excluding carboxylic acids is 2. The first-order chi connectivity index (χ1) is 5.18. The molecule has 0 aromatic carbocycles. The molecular formula is C9H18O2. The molecule has 0 N–H and O–H groups in total. The van der Waals surface area contributed by atoms with Crippen LogP contribution in [0.25, 0.3) is 0 Å². The summed E-state index contributed by atoms with van der Waals surface area (Å²) in [5.41, 5.74) is 0. The van der Waals surface area contributed by atoms with Crippen molar-refractivity contribution in [3.63, 3.8) is 0 Å². The van der Waals surface area contributed by atoms with E-state index < -0.39 is 0 Å². The number of rotatable bonds is 4. The van der Waals surface area contributed by atoms with Crippen LogP contribution >= 0.6 is 0 Å². The van der Waals surface area contributed by atoms with Gasteiger partial charge in [0.05, 0.1) is 0 Å². The molecule has 0 aliphatic carbocycles. The second-order valence-corrected chi connectivity index (χ2v) is 2.69. The smallest absolute Gasteiger partial charge is 0.122 e. The summed E-state index contributed by atoms with van der Waals surface area (Å²) in [5, 5.41) is 0. The molecule has 0 saturated heterocycles. The summed E-state index contributed by atoms with van der Waals surface area (Å²) in [6.07, 6.45) is 4.78. The van der Waals surface area contributed by atoms with E-state index in [2.05, 4.69) is 6.92 Å². The predicted molar refractivity (Wildman–Crippen MR) is 46.5 cm³/mol. The minimum atomic E-state index is 0.204. The fraction of sp³-hybridized carbons (Fsp3) is 0.778. The van der Waals surface area contributed by atoms with Gasteiger partial charge in [-0.2, -0.15) is 0 Å². The van der Waals surface area contributed by atoms with Gasteiger partial charge in [0.1, 0.15) is 12.6 Å². The Morgan fingerprint density at radius 1 is 1.27 bits per heavy atom. The Hall–Kier alpha value is -0.660. The molecule has 0 aromatic heterocycles. The average Bonchev–Trinajstić information content (AvgIpc) is 2.02. The second-order valence-electron chi connectivity index (χ2n) is 2.69. The van der Waals surface area contributed by atoms with Gasteiger partial charge in [-0.05, 0) is 6.42 Å². The third-order valence-corrected chi connectivity index (χ3v) is 0.948. The van der Waals surface area contributed by atoms with Gasteiger partial charge in [0.25, 0.3) is 0 Å². The van der Waals surface area contributed by atoms with Crippen LogP contribution in [0.2, 0.25) is 0 Å². The number of unbranched alkanes of at least 4 members (excludes halogenated alkanes) is 2. The topological polar surface area (TPSA) is 34.1 Å². The second kappa shape index (κ2) is 12.1. The minimum absolute atomic E-state index is 0.204. The summed E-state index contributed by atoms with van der Waals surface area (Å²) in [6, 6.07) is 0. The first-order valence-corrected chi connectivity index (χ1v) is 4.07. The molecule has 66 valence electrons. The largest absolute Gasteiger partial charge is 0.303 e. The van der Waals surface area contributed by atoms with E-state index in [1.807, 2.05) is 13.8 Å². The van der Waals surface area contributed by atoms with Crippen LogP contribution in [0.3, 0.4) is 0 Å². The molecule has 0 heterocycles. The zero-order valence-corrected chi connectivity index (χ0v) is 7.67. The van der Waals surface area contributed by atoms with Gasteiger partial charge >= 0.3 is 0 Å². The molecule has 0 unspecified atom stereocenters. The molecular weight excluding hydrogens is 140 g/mol. The van der Waals surface area contributed by atoms with Gasteiger partial charge in [-0.25, -0.2) is 0 Å². The molecule has 0 aromatic rings. The Morgan fingerprint density at radius 3 is 1.82 bits per heavy atom. The van der Waals surface area contributed by atoms with Gasteiger partial charge in [0.2, 0.25) is 0 Å². The van der Waals surface area contributed by atoms with E-state index in [1.165, 1.54) is 0 Å². The van der Waals surface area contributed by atoms with Gasteiger partial charge in [-0.3, -0.25) is 0 Å². The summed E-state index contributed by atoms with van der Waals surface area (Å²) in [7, 11) is 0. The number of hydrogen-bond acceptors (Lipinski definition) is 2. The van der Waals surface area contributed by atoms with Crippen LogP contribution in [0.4, 0.5) is 0 Å². The molecule has 0 fully saturated rings. The zero-order valence-electron chi connectivity index (χ0n) is 7.67. The van der Waals surface area contributed by atoms with E-state index in [0.717, 1.165) is 31.8 Å². The van der Waals surface area contributed by atoms with Crippen molar-refractivity contribution in [2.24, 2.45) is 5.92 Å². The molecule has 0 aliphatic heterocycles. The first kappa shape index (κ1) is 13.0. The molecule has 11 heavy (non-hydrogen) atoms. The Labute approximate surface area is 69.0 Å². The SMILES string of the molecule is CC(C)C=O.CCCCC=O. The molecule has 2 nitrogen and oxygen atoms in total. The molecule has 0 rings (SSSR count). The van der Waals surface area contributed by atoms with Crippen molar-refractivity contribution in [2.45, 2.75) is 40.0 Å². The summed E-state index contributed by atoms with van der Waals surface area (Å²) in [4.78, 5) is 19.1. The van der Waals surface area contributed by atoms with Crippen molar-refractivity contribution in [3.05, 3.63) is 0 Å². The Balaban J connectivity index is 0. The maximum Gasteiger partial charge on any atom is 0.122 e. The first-order valence-electron chi connectivity index (χ1n) is 4.07. The Morgan fingerprint density at radius 2 is 1.73 bits per heavy atom. The van der Waals surface area contributed by atoms with Crippen molar-refractivity contribution in [2.75, 3.05) is 0 Å². The van der Waals surface area contributed by atoms with Gasteiger partial charge in [-0.15, -0.1) is 0 Å². The van der Waals surface area contributed by atoms with Crippen molar-refractivity contribution in [1.29, 1.82) is 0 Å². The lowest BCUT2D eigenvalue weighted by atomic mass is 10.3. The van der Waals surface area contributed by atoms with E-state index in [-0.39, 0.29) is 5.92 Å². The van der Waals surface area contributed by atoms with Crippen LogP contribution in [0.1, 0.15) is 40.0 Å². The Bertz CT molecular complexity index is 87.6. The number of hydrogen-bond donors (Lipinski definition) is 0. The highest BCUT2D eigenvalue weighted by atomic mass is 16.1. The maximum atomic E-state index is 9.56. The number of aldehydes is 2. The predicted octanol–water partition coefficient (Wildman–Crippen LogP) is 2.22. The van der Waals surface area contributed by atoms with E-state index in [9.17, 15) is 9.59 Å². The van der Waals surface area contributed by atoms with Crippen molar-refractivity contribution < 1.29 is 9.59 Å². The molecule has 0 bridgehead atoms. The molecule has 0 radical (unpaired) electrons. The zero-order chi connectivity index (χ0) is 9.11. The normalized spacial score (nSPS) is 8.36. The standard InChI is InChI=1S/C5H10O.C4H8O/c1-2-3-4-5-6;1-4(2)3-5/h5H,2-4H2,1H3;3-4H,1-2H3. The fourth-order valence-electron chi connectivity index (χ4n) is 0.287. The van der Waals surface area contributed by atoms with Crippen LogP contribution in [0, 0.1) is 5.92 Å². The molecule has 0 amide bonds. The quantitative estimate of drug-likeness (QED) is 0.464. The van der Waals surface area contributed by atoms with Gasteiger partial charge in [-0.1, -0.05) is 27.2 Å². The highest BCUT2D eigenvalue weighted by Gasteiger charge is 1.79. The summed E-state index contributed by atoms with van der Waals surface area (Å²) in [6.45, 7) is 5.78. The van der Waals surface area contributed by atoms with Crippen molar-refractivity contribution in [3.8, 4) is 0 Å². The van der Waals surface area contributed by atoms with Crippen LogP contribution < -0.4 is 0 Å². The molecule has 0 atom stereocenters. The lowest BCUT2D eigenvalue weighted by Crippen LogP contribution is -1.82. The monoisotopic (exact) mass is 158 g/mol. The molecule has 0 spiro atoms. The van der Waals surface area contributed by atoms with Crippen LogP contribution in [-0.4, -0.2) is 12.6 Å². The van der Waals surface area contributed by atoms with Crippen LogP contribution in [-0.2, 0) is 9.59 Å². The lowest BCUT2D eigenvalue weighted by Gasteiger charge is -1.79. The Kier molecular flexibility index (Phi) is 14.2. The summed E-state index contributed by atoms with van der Waals surface area (Å²) in [5.74, 6) is 0.204. The van der Waals surface area contributed by atoms with E-state index in [1.54, 1.807) is 0 Å². The van der Waals surface area contributed by atoms with Gasteiger partial charge in [0.15, 0.2) is 0 Å². The van der Waals surface area contributed by atoms with E-state index in [0.29, 0.717) is 0 Å². The van der Waals surface area contributed by atoms with Crippen molar-refractivity contribution >= 4 is 12.6 Å². The van der Waals surface area contributed by atoms with Crippen LogP contribution in [0.5, 0.6) is 0 Å². The maximum absolute atomic E-state index is 9.56. The van der Waals surface area contributed by atoms with Gasteiger partial charge < -0.3 is 9.59 Å². The summed E-state index contributed by atoms with van der Waals surface area (Å²) >= 11 is 0. The third-order valence-electron chi connectivity index (χ3n) is 0.948. The highest BCUT2D eigenvalue weighted by Crippen LogP contribution is 1.87.